The highest BCUT2D eigenvalue weighted by molar-refractivity contribution is 6.30. The molecule has 0 saturated heterocycles. The first-order chi connectivity index (χ1) is 19.5. The van der Waals surface area contributed by atoms with Crippen molar-refractivity contribution in [3.05, 3.63) is 118 Å². The van der Waals surface area contributed by atoms with Gasteiger partial charge in [0.15, 0.2) is 11.5 Å². The Balaban J connectivity index is 1.37. The number of carbonyl (C=O) groups excluding carboxylic acids is 2. The molecule has 40 heavy (non-hydrogen) atoms. The number of methoxy groups -OCH3 is 1. The lowest BCUT2D eigenvalue weighted by Gasteiger charge is -2.11. The number of hydrogen-bond donors (Lipinski definition) is 1. The van der Waals surface area contributed by atoms with Crippen molar-refractivity contribution in [1.29, 1.82) is 0 Å². The molecule has 0 aliphatic carbocycles. The number of halogens is 1. The summed E-state index contributed by atoms with van der Waals surface area (Å²) in [5, 5.41) is 4.69. The quantitative estimate of drug-likeness (QED) is 0.100. The maximum atomic E-state index is 12.8. The zero-order valence-corrected chi connectivity index (χ0v) is 22.7. The van der Waals surface area contributed by atoms with E-state index in [9.17, 15) is 9.59 Å². The summed E-state index contributed by atoms with van der Waals surface area (Å²) in [5.41, 5.74) is 4.75. The zero-order valence-electron chi connectivity index (χ0n) is 21.9. The van der Waals surface area contributed by atoms with E-state index in [2.05, 4.69) is 10.5 Å². The molecule has 4 aromatic rings. The number of hydrogen-bond acceptors (Lipinski definition) is 7. The fourth-order valence-electron chi connectivity index (χ4n) is 3.61. The number of para-hydroxylation sites is 1. The fraction of sp³-hybridized carbons (Fsp3) is 0.129. The Kier molecular flexibility index (Phi) is 9.74. The molecule has 9 heteroatoms. The molecule has 0 bridgehead atoms. The Morgan fingerprint density at radius 2 is 1.62 bits per heavy atom. The standard InChI is InChI=1S/C31H27ClN2O6/c1-3-38-25-15-11-23(12-16-25)31(36)40-28-17-10-22(18-29(28)37-2)19-33-34-30(35)26-6-4-5-7-27(26)39-20-21-8-13-24(32)14-9-21/h4-19H,3,20H2,1-2H3,(H,34,35)/b33-19+. The molecule has 1 N–H and O–H groups in total. The number of esters is 1. The number of rotatable bonds is 11. The van der Waals surface area contributed by atoms with Crippen molar-refractivity contribution in [2.75, 3.05) is 13.7 Å². The lowest BCUT2D eigenvalue weighted by Crippen LogP contribution is -2.18. The van der Waals surface area contributed by atoms with Crippen LogP contribution in [0.15, 0.2) is 96.1 Å². The topological polar surface area (TPSA) is 95.5 Å². The van der Waals surface area contributed by atoms with Gasteiger partial charge in [0, 0.05) is 5.02 Å². The average molecular weight is 559 g/mol. The van der Waals surface area contributed by atoms with Gasteiger partial charge in [-0.1, -0.05) is 35.9 Å². The first-order valence-corrected chi connectivity index (χ1v) is 12.8. The highest BCUT2D eigenvalue weighted by Crippen LogP contribution is 2.29. The Morgan fingerprint density at radius 1 is 0.875 bits per heavy atom. The van der Waals surface area contributed by atoms with Crippen molar-refractivity contribution in [1.82, 2.24) is 5.43 Å². The lowest BCUT2D eigenvalue weighted by atomic mass is 10.2. The second kappa shape index (κ2) is 13.8. The molecule has 1 amide bonds. The number of nitrogens with zero attached hydrogens (tertiary/aromatic N) is 1. The van der Waals surface area contributed by atoms with Crippen LogP contribution in [0.4, 0.5) is 0 Å². The van der Waals surface area contributed by atoms with Gasteiger partial charge in [-0.15, -0.1) is 0 Å². The van der Waals surface area contributed by atoms with Crippen molar-refractivity contribution >= 4 is 29.7 Å². The second-order valence-corrected chi connectivity index (χ2v) is 8.80. The van der Waals surface area contributed by atoms with Crippen LogP contribution < -0.4 is 24.4 Å². The van der Waals surface area contributed by atoms with E-state index in [1.807, 2.05) is 19.1 Å². The van der Waals surface area contributed by atoms with Crippen molar-refractivity contribution in [3.63, 3.8) is 0 Å². The summed E-state index contributed by atoms with van der Waals surface area (Å²) in [6.45, 7) is 2.70. The number of benzene rings is 4. The first-order valence-electron chi connectivity index (χ1n) is 12.4. The van der Waals surface area contributed by atoms with E-state index in [0.717, 1.165) is 5.56 Å². The second-order valence-electron chi connectivity index (χ2n) is 8.37. The van der Waals surface area contributed by atoms with Gasteiger partial charge in [-0.3, -0.25) is 4.79 Å². The maximum Gasteiger partial charge on any atom is 0.343 e. The Morgan fingerprint density at radius 3 is 2.35 bits per heavy atom. The van der Waals surface area contributed by atoms with E-state index < -0.39 is 11.9 Å². The third-order valence-corrected chi connectivity index (χ3v) is 5.86. The van der Waals surface area contributed by atoms with Gasteiger partial charge in [-0.05, 0) is 84.8 Å². The molecule has 4 aromatic carbocycles. The van der Waals surface area contributed by atoms with Gasteiger partial charge in [0.2, 0.25) is 0 Å². The van der Waals surface area contributed by atoms with Gasteiger partial charge in [-0.2, -0.15) is 5.10 Å². The molecule has 0 atom stereocenters. The van der Waals surface area contributed by atoms with Crippen molar-refractivity contribution in [2.45, 2.75) is 13.5 Å². The molecule has 0 unspecified atom stereocenters. The van der Waals surface area contributed by atoms with E-state index in [1.54, 1.807) is 78.9 Å². The van der Waals surface area contributed by atoms with Crippen LogP contribution in [0, 0.1) is 0 Å². The van der Waals surface area contributed by atoms with Crippen LogP contribution >= 0.6 is 11.6 Å². The summed E-state index contributed by atoms with van der Waals surface area (Å²) >= 11 is 5.93. The number of hydrazone groups is 1. The molecule has 4 rings (SSSR count). The molecule has 0 aliphatic heterocycles. The van der Waals surface area contributed by atoms with Gasteiger partial charge in [-0.25, -0.2) is 10.2 Å². The predicted octanol–water partition coefficient (Wildman–Crippen LogP) is 6.31. The predicted molar refractivity (Wildman–Crippen MR) is 153 cm³/mol. The molecule has 0 fully saturated rings. The average Bonchev–Trinajstić information content (AvgIpc) is 2.98. The molecule has 0 radical (unpaired) electrons. The van der Waals surface area contributed by atoms with Crippen LogP contribution in [-0.4, -0.2) is 31.8 Å². The fourth-order valence-corrected chi connectivity index (χ4v) is 3.73. The summed E-state index contributed by atoms with van der Waals surface area (Å²) in [4.78, 5) is 25.4. The number of carbonyl (C=O) groups is 2. The minimum Gasteiger partial charge on any atom is -0.494 e. The summed E-state index contributed by atoms with van der Waals surface area (Å²) < 4.78 is 22.1. The normalized spacial score (nSPS) is 10.7. The van der Waals surface area contributed by atoms with Crippen LogP contribution in [0.3, 0.4) is 0 Å². The molecule has 0 heterocycles. The minimum atomic E-state index is -0.535. The van der Waals surface area contributed by atoms with Crippen molar-refractivity contribution in [2.24, 2.45) is 5.10 Å². The van der Waals surface area contributed by atoms with Gasteiger partial charge >= 0.3 is 5.97 Å². The minimum absolute atomic E-state index is 0.245. The SMILES string of the molecule is CCOc1ccc(C(=O)Oc2ccc(/C=N/NC(=O)c3ccccc3OCc3ccc(Cl)cc3)cc2OC)cc1. The summed E-state index contributed by atoms with van der Waals surface area (Å²) in [6.07, 6.45) is 1.45. The van der Waals surface area contributed by atoms with Gasteiger partial charge in [0.1, 0.15) is 18.1 Å². The summed E-state index contributed by atoms with van der Waals surface area (Å²) in [7, 11) is 1.47. The summed E-state index contributed by atoms with van der Waals surface area (Å²) in [5.74, 6) is 0.694. The molecule has 0 saturated carbocycles. The Bertz CT molecular complexity index is 1490. The third kappa shape index (κ3) is 7.61. The van der Waals surface area contributed by atoms with Crippen molar-refractivity contribution in [3.8, 4) is 23.0 Å². The maximum absolute atomic E-state index is 12.8. The highest BCUT2D eigenvalue weighted by atomic mass is 35.5. The number of ether oxygens (including phenoxy) is 4. The molecular weight excluding hydrogens is 532 g/mol. The van der Waals surface area contributed by atoms with Gasteiger partial charge < -0.3 is 18.9 Å². The van der Waals surface area contributed by atoms with E-state index in [1.165, 1.54) is 13.3 Å². The van der Waals surface area contributed by atoms with Crippen LogP contribution in [0.1, 0.15) is 38.8 Å². The van der Waals surface area contributed by atoms with Crippen LogP contribution in [0.25, 0.3) is 0 Å². The highest BCUT2D eigenvalue weighted by Gasteiger charge is 2.14. The summed E-state index contributed by atoms with van der Waals surface area (Å²) in [6, 6.07) is 25.7. The molecule has 204 valence electrons. The Labute approximate surface area is 237 Å². The van der Waals surface area contributed by atoms with E-state index in [4.69, 9.17) is 30.5 Å². The van der Waals surface area contributed by atoms with Gasteiger partial charge in [0.25, 0.3) is 5.91 Å². The van der Waals surface area contributed by atoms with E-state index >= 15 is 0 Å². The van der Waals surface area contributed by atoms with Crippen LogP contribution in [0.2, 0.25) is 5.02 Å². The molecule has 0 aliphatic rings. The van der Waals surface area contributed by atoms with Crippen molar-refractivity contribution < 1.29 is 28.5 Å². The number of nitrogens with one attached hydrogen (secondary N) is 1. The molecule has 0 spiro atoms. The van der Waals surface area contributed by atoms with E-state index in [-0.39, 0.29) is 12.4 Å². The molecular formula is C31H27ClN2O6. The largest absolute Gasteiger partial charge is 0.494 e. The lowest BCUT2D eigenvalue weighted by molar-refractivity contribution is 0.0729. The first kappa shape index (κ1) is 28.2. The smallest absolute Gasteiger partial charge is 0.343 e. The third-order valence-electron chi connectivity index (χ3n) is 5.61. The van der Waals surface area contributed by atoms with Gasteiger partial charge in [0.05, 0.1) is 31.1 Å². The Hall–Kier alpha value is -4.82. The van der Waals surface area contributed by atoms with Crippen LogP contribution in [-0.2, 0) is 6.61 Å². The van der Waals surface area contributed by atoms with Crippen LogP contribution in [0.5, 0.6) is 23.0 Å². The monoisotopic (exact) mass is 558 g/mol. The van der Waals surface area contributed by atoms with E-state index in [0.29, 0.717) is 45.6 Å². The molecule has 0 aromatic heterocycles. The number of amides is 1. The molecule has 8 nitrogen and oxygen atoms in total. The zero-order chi connectivity index (χ0) is 28.3.